The number of anilines is 1. The summed E-state index contributed by atoms with van der Waals surface area (Å²) in [4.78, 5) is 29.4. The zero-order chi connectivity index (χ0) is 23.6. The largest absolute Gasteiger partial charge is 0.422 e. The zero-order valence-electron chi connectivity index (χ0n) is 18.7. The minimum absolute atomic E-state index is 0. The number of carbonyl (C=O) groups excluding carboxylic acids is 1. The Hall–Kier alpha value is -1.87. The smallest absolute Gasteiger partial charge is 0.414 e. The Kier molecular flexibility index (Phi) is 9.15. The molecule has 3 aromatic rings. The van der Waals surface area contributed by atoms with E-state index in [1.165, 1.54) is 33.4 Å². The van der Waals surface area contributed by atoms with E-state index >= 15 is 0 Å². The number of fused-ring (bicyclic) bond motifs is 1. The summed E-state index contributed by atoms with van der Waals surface area (Å²) in [7, 11) is 0.399. The van der Waals surface area contributed by atoms with Crippen molar-refractivity contribution in [2.45, 2.75) is 13.3 Å². The van der Waals surface area contributed by atoms with Crippen LogP contribution >= 0.6 is 0 Å². The van der Waals surface area contributed by atoms with Gasteiger partial charge in [-0.25, -0.2) is 23.7 Å². The summed E-state index contributed by atoms with van der Waals surface area (Å²) < 4.78 is 52.5. The predicted molar refractivity (Wildman–Crippen MR) is 121 cm³/mol. The number of amides is 1. The number of nitrogens with one attached hydrogen (secondary N) is 2. The van der Waals surface area contributed by atoms with Crippen molar-refractivity contribution in [2.24, 2.45) is 0 Å². The van der Waals surface area contributed by atoms with Gasteiger partial charge in [-0.2, -0.15) is 8.42 Å². The van der Waals surface area contributed by atoms with Gasteiger partial charge in [-0.15, -0.1) is 0 Å². The van der Waals surface area contributed by atoms with E-state index in [1.807, 2.05) is 0 Å². The molecule has 0 aliphatic rings. The van der Waals surface area contributed by atoms with Crippen molar-refractivity contribution in [2.75, 3.05) is 25.9 Å². The number of ether oxygens (including phenoxy) is 1. The first-order valence-corrected chi connectivity index (χ1v) is 10.8. The van der Waals surface area contributed by atoms with Crippen molar-refractivity contribution in [3.8, 4) is 5.75 Å². The second kappa shape index (κ2) is 11.0. The van der Waals surface area contributed by atoms with E-state index in [1.54, 1.807) is 13.0 Å². The Morgan fingerprint density at radius 3 is 2.61 bits per heavy atom. The van der Waals surface area contributed by atoms with Crippen LogP contribution in [0.2, 0.25) is 0 Å². The van der Waals surface area contributed by atoms with E-state index in [-0.39, 0.29) is 80.5 Å². The maximum absolute atomic E-state index is 14.5. The number of carbonyl (C=O) groups is 1. The van der Waals surface area contributed by atoms with Crippen molar-refractivity contribution < 1.29 is 26.8 Å². The normalized spacial score (nSPS) is 11.1. The predicted octanol–water partition coefficient (Wildman–Crippen LogP) is 1.78. The average Bonchev–Trinajstić information content (AvgIpc) is 2.72. The van der Waals surface area contributed by atoms with Gasteiger partial charge in [0, 0.05) is 102 Å². The Balaban J connectivity index is 0.00000385. The third kappa shape index (κ3) is 6.59. The average molecular weight is 504 g/mol. The maximum atomic E-state index is 14.5. The molecule has 2 heterocycles. The van der Waals surface area contributed by atoms with Gasteiger partial charge in [-0.3, -0.25) is 4.72 Å². The third-order valence-electron chi connectivity index (χ3n) is 4.62. The molecule has 33 heavy (non-hydrogen) atoms. The van der Waals surface area contributed by atoms with Gasteiger partial charge in [-0.05, 0) is 36.2 Å². The fourth-order valence-electron chi connectivity index (χ4n) is 2.89. The van der Waals surface area contributed by atoms with Crippen molar-refractivity contribution in [1.82, 2.24) is 14.6 Å². The van der Waals surface area contributed by atoms with Crippen LogP contribution in [0.25, 0.3) is 11.0 Å². The molecule has 2 N–H and O–H groups in total. The number of halogens is 1. The molecule has 0 aliphatic heterocycles. The summed E-state index contributed by atoms with van der Waals surface area (Å²) >= 11 is 0. The molecule has 2 aromatic heterocycles. The number of aromatic nitrogens is 1. The van der Waals surface area contributed by atoms with Crippen LogP contribution in [-0.2, 0) is 16.6 Å². The first-order chi connectivity index (χ1) is 15.0. The number of pyridine rings is 1. The Morgan fingerprint density at radius 2 is 1.97 bits per heavy atom. The molecule has 1 aromatic carbocycles. The van der Waals surface area contributed by atoms with Crippen LogP contribution in [0.1, 0.15) is 16.7 Å². The van der Waals surface area contributed by atoms with Gasteiger partial charge >= 0.3 is 11.7 Å². The van der Waals surface area contributed by atoms with Crippen LogP contribution in [0.5, 0.6) is 5.75 Å². The third-order valence-corrected chi connectivity index (χ3v) is 5.63. The zero-order valence-corrected chi connectivity index (χ0v) is 22.7. The first-order valence-electron chi connectivity index (χ1n) is 9.32. The van der Waals surface area contributed by atoms with E-state index < -0.39 is 27.7 Å². The van der Waals surface area contributed by atoms with Crippen LogP contribution in [-0.4, -0.2) is 96.9 Å². The maximum Gasteiger partial charge on any atom is 0.414 e. The molecular weight excluding hydrogens is 482 g/mol. The molecular formula is C20H21FKN4O6S. The number of benzene rings is 1. The van der Waals surface area contributed by atoms with Gasteiger partial charge in [0.05, 0.1) is 0 Å². The van der Waals surface area contributed by atoms with E-state index in [0.717, 1.165) is 17.0 Å². The Morgan fingerprint density at radius 1 is 1.27 bits per heavy atom. The van der Waals surface area contributed by atoms with E-state index in [2.05, 4.69) is 14.4 Å². The second-order valence-electron chi connectivity index (χ2n) is 7.07. The minimum Gasteiger partial charge on any atom is -0.422 e. The standard InChI is InChI=1S/C20H21FN4O6S.K/c1-11-13-9-15(21)17(31-20(27)25(3)4)10-16(13)30-19(26)14(11)7-12-5-6-23-18(8-12)24-32(28,29)22-2;/h5-6,8-10,22H,7H2,1-4H3,(H,23,24);. The fraction of sp³-hybridized carbons (Fsp3) is 0.250. The van der Waals surface area contributed by atoms with Gasteiger partial charge < -0.3 is 14.1 Å². The summed E-state index contributed by atoms with van der Waals surface area (Å²) in [6.45, 7) is 1.64. The molecule has 13 heteroatoms. The van der Waals surface area contributed by atoms with Crippen molar-refractivity contribution in [3.05, 3.63) is 63.4 Å². The van der Waals surface area contributed by atoms with Gasteiger partial charge in [-0.1, -0.05) is 0 Å². The molecule has 171 valence electrons. The Bertz CT molecular complexity index is 1360. The molecule has 0 spiro atoms. The number of rotatable bonds is 6. The molecule has 10 nitrogen and oxygen atoms in total. The summed E-state index contributed by atoms with van der Waals surface area (Å²) in [6, 6.07) is 5.38. The number of aryl methyl sites for hydroxylation is 1. The van der Waals surface area contributed by atoms with Gasteiger partial charge in [0.25, 0.3) is 10.2 Å². The monoisotopic (exact) mass is 503 g/mol. The second-order valence-corrected chi connectivity index (χ2v) is 8.69. The van der Waals surface area contributed by atoms with Gasteiger partial charge in [0.15, 0.2) is 11.6 Å². The topological polar surface area (TPSA) is 131 Å². The summed E-state index contributed by atoms with van der Waals surface area (Å²) in [5, 5.41) is 0.340. The molecule has 0 saturated carbocycles. The quantitative estimate of drug-likeness (QED) is 0.387. The van der Waals surface area contributed by atoms with E-state index in [4.69, 9.17) is 9.15 Å². The molecule has 0 unspecified atom stereocenters. The number of nitrogens with zero attached hydrogens (tertiary/aromatic N) is 2. The van der Waals surface area contributed by atoms with Crippen LogP contribution < -0.4 is 19.8 Å². The van der Waals surface area contributed by atoms with E-state index in [9.17, 15) is 22.4 Å². The number of hydrogen-bond donors (Lipinski definition) is 2. The molecule has 0 bridgehead atoms. The molecule has 0 atom stereocenters. The Labute approximate surface area is 232 Å². The fourth-order valence-corrected chi connectivity index (χ4v) is 3.38. The van der Waals surface area contributed by atoms with Crippen molar-refractivity contribution >= 4 is 84.5 Å². The summed E-state index contributed by atoms with van der Waals surface area (Å²) in [5.41, 5.74) is 0.746. The SMILES string of the molecule is CNS(=O)(=O)Nc1cc(Cc2c(C)c3cc(F)c(OC(=O)N(C)C)cc3oc2=O)ccn1.[K]. The first kappa shape index (κ1) is 27.4. The van der Waals surface area contributed by atoms with Crippen LogP contribution in [0.4, 0.5) is 15.0 Å². The van der Waals surface area contributed by atoms with Crippen molar-refractivity contribution in [1.29, 1.82) is 0 Å². The van der Waals surface area contributed by atoms with E-state index in [0.29, 0.717) is 16.5 Å². The van der Waals surface area contributed by atoms with Crippen LogP contribution in [0.3, 0.4) is 0 Å². The number of hydrogen-bond acceptors (Lipinski definition) is 7. The molecule has 0 saturated heterocycles. The minimum atomic E-state index is -3.75. The van der Waals surface area contributed by atoms with Crippen molar-refractivity contribution in [3.63, 3.8) is 0 Å². The van der Waals surface area contributed by atoms with Gasteiger partial charge in [0.1, 0.15) is 11.4 Å². The molecule has 1 radical (unpaired) electrons. The van der Waals surface area contributed by atoms with Crippen LogP contribution in [0.15, 0.2) is 39.7 Å². The molecule has 0 fully saturated rings. The molecule has 3 rings (SSSR count). The van der Waals surface area contributed by atoms with Crippen LogP contribution in [0, 0.1) is 12.7 Å². The van der Waals surface area contributed by atoms with Gasteiger partial charge in [0.2, 0.25) is 0 Å². The molecule has 0 aliphatic carbocycles. The summed E-state index contributed by atoms with van der Waals surface area (Å²) in [6.07, 6.45) is 0.715. The summed E-state index contributed by atoms with van der Waals surface area (Å²) in [5.74, 6) is -1.08. The molecule has 1 amide bonds.